The number of Topliss-reactive ketones (excluding diaryl/α,β-unsaturated/α-hetero) is 1. The monoisotopic (exact) mass is 378 g/mol. The van der Waals surface area contributed by atoms with Gasteiger partial charge in [-0.05, 0) is 24.1 Å². The molecule has 28 heavy (non-hydrogen) atoms. The lowest BCUT2D eigenvalue weighted by atomic mass is 10.0. The van der Waals surface area contributed by atoms with Crippen molar-refractivity contribution in [2.45, 2.75) is 19.4 Å². The Morgan fingerprint density at radius 2 is 1.89 bits per heavy atom. The number of amides is 2. The molecular weight excluding hydrogens is 360 g/mol. The van der Waals surface area contributed by atoms with Crippen molar-refractivity contribution in [2.24, 2.45) is 5.73 Å². The zero-order valence-electron chi connectivity index (χ0n) is 15.1. The van der Waals surface area contributed by atoms with E-state index in [0.717, 1.165) is 11.1 Å². The van der Waals surface area contributed by atoms with Crippen molar-refractivity contribution >= 4 is 17.6 Å². The van der Waals surface area contributed by atoms with E-state index in [0.29, 0.717) is 5.56 Å². The number of nitrogens with one attached hydrogen (secondary N) is 1. The fraction of sp³-hybridized carbons (Fsp3) is 0.150. The normalized spacial score (nSPS) is 11.6. The van der Waals surface area contributed by atoms with E-state index in [1.165, 1.54) is 6.20 Å². The van der Waals surface area contributed by atoms with Gasteiger partial charge in [0, 0.05) is 24.4 Å². The molecule has 0 saturated heterocycles. The Morgan fingerprint density at radius 3 is 2.57 bits per heavy atom. The molecule has 0 saturated carbocycles. The summed E-state index contributed by atoms with van der Waals surface area (Å²) >= 11 is 0. The summed E-state index contributed by atoms with van der Waals surface area (Å²) in [5.41, 5.74) is 7.50. The number of benzene rings is 1. The van der Waals surface area contributed by atoms with Crippen LogP contribution in [-0.4, -0.2) is 33.8 Å². The van der Waals surface area contributed by atoms with Crippen molar-refractivity contribution in [2.75, 3.05) is 0 Å². The Morgan fingerprint density at radius 1 is 1.14 bits per heavy atom. The van der Waals surface area contributed by atoms with Gasteiger partial charge < -0.3 is 15.6 Å². The van der Waals surface area contributed by atoms with Crippen molar-refractivity contribution in [3.8, 4) is 11.3 Å². The predicted molar refractivity (Wildman–Crippen MR) is 100 cm³/mol. The van der Waals surface area contributed by atoms with E-state index in [2.05, 4.69) is 15.5 Å². The van der Waals surface area contributed by atoms with Gasteiger partial charge in [-0.15, -0.1) is 0 Å². The van der Waals surface area contributed by atoms with Crippen LogP contribution in [0.5, 0.6) is 0 Å². The third-order valence-corrected chi connectivity index (χ3v) is 4.10. The fourth-order valence-corrected chi connectivity index (χ4v) is 2.76. The van der Waals surface area contributed by atoms with E-state index < -0.39 is 23.6 Å². The summed E-state index contributed by atoms with van der Waals surface area (Å²) in [5.74, 6) is -2.38. The molecule has 2 aromatic heterocycles. The molecule has 0 fully saturated rings. The molecule has 8 heteroatoms. The first-order valence-corrected chi connectivity index (χ1v) is 8.51. The fourth-order valence-electron chi connectivity index (χ4n) is 2.76. The van der Waals surface area contributed by atoms with Crippen LogP contribution in [0.25, 0.3) is 11.3 Å². The van der Waals surface area contributed by atoms with Gasteiger partial charge in [-0.1, -0.05) is 35.5 Å². The van der Waals surface area contributed by atoms with Gasteiger partial charge in [-0.2, -0.15) is 0 Å². The Balaban J connectivity index is 1.86. The lowest BCUT2D eigenvalue weighted by Gasteiger charge is -2.16. The number of hydrogen-bond donors (Lipinski definition) is 2. The molecule has 3 aromatic rings. The van der Waals surface area contributed by atoms with Crippen LogP contribution in [0.3, 0.4) is 0 Å². The van der Waals surface area contributed by atoms with Crippen LogP contribution in [0, 0.1) is 6.92 Å². The van der Waals surface area contributed by atoms with Gasteiger partial charge in [0.1, 0.15) is 11.6 Å². The first kappa shape index (κ1) is 19.0. The van der Waals surface area contributed by atoms with Crippen molar-refractivity contribution in [1.82, 2.24) is 15.5 Å². The second kappa shape index (κ2) is 8.26. The molecule has 0 aliphatic carbocycles. The van der Waals surface area contributed by atoms with Gasteiger partial charge in [-0.3, -0.25) is 19.4 Å². The van der Waals surface area contributed by atoms with Gasteiger partial charge in [0.25, 0.3) is 11.8 Å². The number of hydrogen-bond acceptors (Lipinski definition) is 6. The second-order valence-electron chi connectivity index (χ2n) is 6.26. The smallest absolute Gasteiger partial charge is 0.287 e. The number of carbonyl (C=O) groups excluding carboxylic acids is 3. The van der Waals surface area contributed by atoms with Gasteiger partial charge in [0.15, 0.2) is 5.76 Å². The van der Waals surface area contributed by atoms with E-state index >= 15 is 0 Å². The van der Waals surface area contributed by atoms with Crippen LogP contribution in [0.4, 0.5) is 0 Å². The molecule has 3 N–H and O–H groups in total. The highest BCUT2D eigenvalue weighted by Crippen LogP contribution is 2.23. The van der Waals surface area contributed by atoms with E-state index in [1.807, 2.05) is 13.0 Å². The van der Waals surface area contributed by atoms with Crippen LogP contribution in [-0.2, 0) is 16.0 Å². The summed E-state index contributed by atoms with van der Waals surface area (Å²) < 4.78 is 5.21. The Hall–Kier alpha value is -3.81. The maximum atomic E-state index is 12.8. The number of nitrogens with zero attached hydrogens (tertiary/aromatic N) is 2. The number of aryl methyl sites for hydroxylation is 1. The summed E-state index contributed by atoms with van der Waals surface area (Å²) in [4.78, 5) is 40.5. The third kappa shape index (κ3) is 4.29. The van der Waals surface area contributed by atoms with Crippen LogP contribution in [0.15, 0.2) is 59.5 Å². The molecule has 8 nitrogen and oxygen atoms in total. The summed E-state index contributed by atoms with van der Waals surface area (Å²) in [6, 6.07) is 9.68. The minimum Gasteiger partial charge on any atom is -0.363 e. The second-order valence-corrected chi connectivity index (χ2v) is 6.26. The molecule has 0 aliphatic heterocycles. The number of ketones is 1. The van der Waals surface area contributed by atoms with E-state index in [-0.39, 0.29) is 17.7 Å². The Bertz CT molecular complexity index is 1010. The average Bonchev–Trinajstić information content (AvgIpc) is 3.17. The van der Waals surface area contributed by atoms with Crippen LogP contribution in [0.2, 0.25) is 0 Å². The zero-order valence-corrected chi connectivity index (χ0v) is 15.1. The minimum atomic E-state index is -1.12. The third-order valence-electron chi connectivity index (χ3n) is 4.10. The van der Waals surface area contributed by atoms with Gasteiger partial charge in [0.05, 0.1) is 6.20 Å². The number of aromatic nitrogens is 2. The summed E-state index contributed by atoms with van der Waals surface area (Å²) in [7, 11) is 0. The minimum absolute atomic E-state index is 0.126. The lowest BCUT2D eigenvalue weighted by molar-refractivity contribution is -0.137. The molecule has 0 bridgehead atoms. The van der Waals surface area contributed by atoms with Gasteiger partial charge in [0.2, 0.25) is 5.78 Å². The molecule has 2 heterocycles. The summed E-state index contributed by atoms with van der Waals surface area (Å²) in [6.07, 6.45) is 4.59. The number of carbonyl (C=O) groups is 3. The molecule has 1 atom stereocenters. The number of pyridine rings is 1. The largest absolute Gasteiger partial charge is 0.363 e. The van der Waals surface area contributed by atoms with Crippen molar-refractivity contribution in [1.29, 1.82) is 0 Å². The van der Waals surface area contributed by atoms with Gasteiger partial charge >= 0.3 is 0 Å². The molecule has 1 aromatic carbocycles. The highest BCUT2D eigenvalue weighted by molar-refractivity contribution is 6.38. The maximum Gasteiger partial charge on any atom is 0.287 e. The summed E-state index contributed by atoms with van der Waals surface area (Å²) in [5, 5.41) is 6.24. The van der Waals surface area contributed by atoms with Crippen molar-refractivity contribution < 1.29 is 18.9 Å². The topological polar surface area (TPSA) is 128 Å². The van der Waals surface area contributed by atoms with E-state index in [1.54, 1.807) is 42.7 Å². The first-order chi connectivity index (χ1) is 13.5. The Kier molecular flexibility index (Phi) is 5.59. The highest BCUT2D eigenvalue weighted by Gasteiger charge is 2.28. The lowest BCUT2D eigenvalue weighted by Crippen LogP contribution is -2.47. The highest BCUT2D eigenvalue weighted by atomic mass is 16.5. The molecule has 142 valence electrons. The van der Waals surface area contributed by atoms with Gasteiger partial charge in [-0.25, -0.2) is 0 Å². The van der Waals surface area contributed by atoms with Crippen LogP contribution < -0.4 is 11.1 Å². The standard InChI is InChI=1S/C20H18N4O4/c1-12-7-14(10-22-9-12)18-15(11-23-28-18)20(27)24-16(17(25)19(21)26)8-13-5-3-2-4-6-13/h2-7,9-11,16H,8H2,1H3,(H2,21,26)(H,24,27). The predicted octanol–water partition coefficient (Wildman–Crippen LogP) is 1.44. The van der Waals surface area contributed by atoms with E-state index in [4.69, 9.17) is 10.3 Å². The SMILES string of the molecule is Cc1cncc(-c2oncc2C(=O)NC(Cc2ccccc2)C(=O)C(N)=O)c1. The first-order valence-electron chi connectivity index (χ1n) is 8.51. The van der Waals surface area contributed by atoms with Crippen LogP contribution >= 0.6 is 0 Å². The molecule has 2 amide bonds. The van der Waals surface area contributed by atoms with Crippen LogP contribution in [0.1, 0.15) is 21.5 Å². The van der Waals surface area contributed by atoms with E-state index in [9.17, 15) is 14.4 Å². The maximum absolute atomic E-state index is 12.8. The zero-order chi connectivity index (χ0) is 20.1. The molecular formula is C20H18N4O4. The average molecular weight is 378 g/mol. The molecule has 1 unspecified atom stereocenters. The number of nitrogens with two attached hydrogens (primary N) is 1. The molecule has 0 spiro atoms. The number of primary amides is 1. The molecule has 3 rings (SSSR count). The molecule has 0 aliphatic rings. The summed E-state index contributed by atoms with van der Waals surface area (Å²) in [6.45, 7) is 1.86. The van der Waals surface area contributed by atoms with Crippen molar-refractivity contribution in [3.63, 3.8) is 0 Å². The Labute approximate surface area is 160 Å². The van der Waals surface area contributed by atoms with Crippen molar-refractivity contribution in [3.05, 3.63) is 71.7 Å². The number of rotatable bonds is 7. The quantitative estimate of drug-likeness (QED) is 0.599. The molecule has 0 radical (unpaired) electrons.